The first kappa shape index (κ1) is 49.5. The van der Waals surface area contributed by atoms with Crippen LogP contribution in [-0.4, -0.2) is 58.9 Å². The fourth-order valence-electron chi connectivity index (χ4n) is 9.20. The van der Waals surface area contributed by atoms with E-state index >= 15 is 0 Å². The number of nitrogens with one attached hydrogen (secondary N) is 3. The number of aryl methyl sites for hydroxylation is 1. The van der Waals surface area contributed by atoms with E-state index in [2.05, 4.69) is 96.7 Å². The van der Waals surface area contributed by atoms with Gasteiger partial charge in [0.1, 0.15) is 12.4 Å². The number of phenolic OH excluding ortho intramolecular Hbond substituents is 1. The number of ether oxygens (including phenoxy) is 1. The molecule has 5 aromatic carbocycles. The highest BCUT2D eigenvalue weighted by Gasteiger charge is 2.40. The summed E-state index contributed by atoms with van der Waals surface area (Å²) in [6, 6.07) is 40.6. The topological polar surface area (TPSA) is 158 Å². The first-order valence-electron chi connectivity index (χ1n) is 24.3. The lowest BCUT2D eigenvalue weighted by Gasteiger charge is -2.39. The number of benzene rings is 5. The van der Waals surface area contributed by atoms with E-state index < -0.39 is 20.5 Å². The van der Waals surface area contributed by atoms with Crippen LogP contribution in [0.4, 0.5) is 15.3 Å². The van der Waals surface area contributed by atoms with Crippen LogP contribution in [0.2, 0.25) is 18.1 Å². The van der Waals surface area contributed by atoms with Gasteiger partial charge in [0.2, 0.25) is 5.56 Å². The SMILES string of the molecule is CC(C)(C)[Si](C)(C)O[C@@H](CNCc1ccc2c(ccn2CCC=Cc2ccc(-c3ccccc3)c(N(C(=O)O)[C@H]3CC[C@H](NC(=O)OCc4ccccc4)CC3)c2)c1)c1ccc(O)c2[nH]c(=O)ccc12. The molecule has 0 radical (unpaired) electrons. The Morgan fingerprint density at radius 2 is 1.63 bits per heavy atom. The number of alkyl carbamates (subject to hydrolysis) is 1. The molecule has 1 aliphatic rings. The summed E-state index contributed by atoms with van der Waals surface area (Å²) in [5.74, 6) is 0.0285. The number of nitrogens with zero attached hydrogens (tertiary/aromatic N) is 2. The second-order valence-corrected chi connectivity index (χ2v) is 24.6. The van der Waals surface area contributed by atoms with Gasteiger partial charge in [-0.15, -0.1) is 0 Å². The lowest BCUT2D eigenvalue weighted by molar-refractivity contribution is 0.132. The standard InChI is InChI=1S/C57H65N5O7Si/c1-57(2,3)70(4,5)69-52(47-26-29-51(63)54-48(47)27-30-53(64)60-54)37-58-36-41-20-28-49-43(34-41)31-33-61(49)32-13-12-14-39-19-25-46(42-17-10-7-11-18-42)50(35-39)62(56(66)67)45-23-21-44(22-24-45)59-55(65)68-38-40-15-8-6-9-16-40/h6-12,14-20,25-31,33-35,44-45,52,58,63H,13,21-24,32,36-38H2,1-5H3,(H,59,65)(H,60,64)(H,66,67)/t44-,45-,52-/m0/s1. The Balaban J connectivity index is 0.909. The molecule has 2 amide bonds. The molecule has 70 heavy (non-hydrogen) atoms. The predicted molar refractivity (Wildman–Crippen MR) is 283 cm³/mol. The number of pyridine rings is 1. The van der Waals surface area contributed by atoms with Gasteiger partial charge in [-0.05, 0) is 120 Å². The zero-order valence-electron chi connectivity index (χ0n) is 40.8. The van der Waals surface area contributed by atoms with Crippen molar-refractivity contribution in [1.29, 1.82) is 0 Å². The molecule has 2 aromatic heterocycles. The number of hydrogen-bond acceptors (Lipinski definition) is 7. The van der Waals surface area contributed by atoms with Gasteiger partial charge in [-0.1, -0.05) is 118 Å². The van der Waals surface area contributed by atoms with E-state index in [1.54, 1.807) is 12.1 Å². The molecule has 12 nitrogen and oxygen atoms in total. The number of amides is 2. The highest BCUT2D eigenvalue weighted by Crippen LogP contribution is 2.42. The quantitative estimate of drug-likeness (QED) is 0.0565. The fraction of sp³-hybridized carbons (Fsp3) is 0.316. The van der Waals surface area contributed by atoms with Crippen molar-refractivity contribution in [2.24, 2.45) is 0 Å². The molecule has 1 fully saturated rings. The number of allylic oxidation sites excluding steroid dienone is 1. The lowest BCUT2D eigenvalue weighted by atomic mass is 9.89. The van der Waals surface area contributed by atoms with Gasteiger partial charge < -0.3 is 39.6 Å². The number of hydrogen-bond donors (Lipinski definition) is 5. The van der Waals surface area contributed by atoms with Crippen LogP contribution in [0.1, 0.15) is 81.2 Å². The molecular formula is C57H65N5O7Si. The number of aromatic nitrogens is 2. The summed E-state index contributed by atoms with van der Waals surface area (Å²) >= 11 is 0. The number of aromatic hydroxyl groups is 1. The minimum absolute atomic E-state index is 0.0220. The predicted octanol–water partition coefficient (Wildman–Crippen LogP) is 12.5. The van der Waals surface area contributed by atoms with Gasteiger partial charge in [-0.2, -0.15) is 0 Å². The lowest BCUT2D eigenvalue weighted by Crippen LogP contribution is -2.46. The first-order chi connectivity index (χ1) is 33.6. The molecule has 0 saturated heterocycles. The average Bonchev–Trinajstić information content (AvgIpc) is 3.75. The van der Waals surface area contributed by atoms with Crippen molar-refractivity contribution in [1.82, 2.24) is 20.2 Å². The maximum absolute atomic E-state index is 13.2. The zero-order valence-corrected chi connectivity index (χ0v) is 41.8. The molecule has 1 saturated carbocycles. The monoisotopic (exact) mass is 959 g/mol. The van der Waals surface area contributed by atoms with Crippen LogP contribution in [0.25, 0.3) is 39.0 Å². The smallest absolute Gasteiger partial charge is 0.412 e. The molecular weight excluding hydrogens is 895 g/mol. The molecule has 0 aliphatic heterocycles. The van der Waals surface area contributed by atoms with Crippen molar-refractivity contribution in [2.45, 2.75) is 109 Å². The third kappa shape index (κ3) is 11.9. The van der Waals surface area contributed by atoms with Crippen LogP contribution in [0.3, 0.4) is 0 Å². The number of rotatable bonds is 17. The largest absolute Gasteiger partial charge is 0.506 e. The third-order valence-corrected chi connectivity index (χ3v) is 18.5. The van der Waals surface area contributed by atoms with Gasteiger partial charge in [0.15, 0.2) is 8.32 Å². The Morgan fingerprint density at radius 1 is 0.886 bits per heavy atom. The summed E-state index contributed by atoms with van der Waals surface area (Å²) in [5, 5.41) is 29.9. The molecule has 2 heterocycles. The Morgan fingerprint density at radius 3 is 2.36 bits per heavy atom. The van der Waals surface area contributed by atoms with E-state index in [0.717, 1.165) is 62.6 Å². The van der Waals surface area contributed by atoms with Crippen molar-refractivity contribution in [3.05, 3.63) is 172 Å². The van der Waals surface area contributed by atoms with Crippen molar-refractivity contribution in [3.63, 3.8) is 0 Å². The van der Waals surface area contributed by atoms with Crippen molar-refractivity contribution in [3.8, 4) is 16.9 Å². The summed E-state index contributed by atoms with van der Waals surface area (Å²) < 4.78 is 14.7. The third-order valence-electron chi connectivity index (χ3n) is 14.0. The van der Waals surface area contributed by atoms with Crippen molar-refractivity contribution in [2.75, 3.05) is 11.4 Å². The number of aromatic amines is 1. The number of H-pyrrole nitrogens is 1. The summed E-state index contributed by atoms with van der Waals surface area (Å²) in [6.45, 7) is 13.2. The highest BCUT2D eigenvalue weighted by molar-refractivity contribution is 6.74. The van der Waals surface area contributed by atoms with Crippen molar-refractivity contribution < 1.29 is 29.0 Å². The summed E-state index contributed by atoms with van der Waals surface area (Å²) in [4.78, 5) is 42.3. The van der Waals surface area contributed by atoms with Gasteiger partial charge in [-0.3, -0.25) is 9.69 Å². The van der Waals surface area contributed by atoms with E-state index in [1.165, 1.54) is 11.0 Å². The number of carbonyl (C=O) groups is 2. The van der Waals surface area contributed by atoms with E-state index in [9.17, 15) is 24.6 Å². The molecule has 364 valence electrons. The number of anilines is 1. The molecule has 5 N–H and O–H groups in total. The van der Waals surface area contributed by atoms with Gasteiger partial charge in [0.25, 0.3) is 0 Å². The molecule has 1 atom stereocenters. The number of carboxylic acid groups (broad SMARTS) is 1. The van der Waals surface area contributed by atoms with Crippen LogP contribution < -0.4 is 21.1 Å². The van der Waals surface area contributed by atoms with Crippen molar-refractivity contribution >= 4 is 54.1 Å². The van der Waals surface area contributed by atoms with Crippen LogP contribution >= 0.6 is 0 Å². The minimum Gasteiger partial charge on any atom is -0.506 e. The second kappa shape index (κ2) is 21.8. The maximum Gasteiger partial charge on any atom is 0.412 e. The van der Waals surface area contributed by atoms with Gasteiger partial charge in [0, 0.05) is 60.4 Å². The molecule has 8 rings (SSSR count). The molecule has 0 bridgehead atoms. The number of phenols is 1. The summed E-state index contributed by atoms with van der Waals surface area (Å²) in [5.41, 5.74) is 7.61. The molecule has 1 aliphatic carbocycles. The van der Waals surface area contributed by atoms with Crippen LogP contribution in [0, 0.1) is 0 Å². The first-order valence-corrected chi connectivity index (χ1v) is 27.2. The number of carbonyl (C=O) groups excluding carboxylic acids is 1. The molecule has 0 spiro atoms. The molecule has 0 unspecified atom stereocenters. The van der Waals surface area contributed by atoms with Gasteiger partial charge in [0.05, 0.1) is 17.3 Å². The Bertz CT molecular complexity index is 3010. The minimum atomic E-state index is -2.23. The van der Waals surface area contributed by atoms with E-state index in [-0.39, 0.29) is 41.1 Å². The maximum atomic E-state index is 13.2. The van der Waals surface area contributed by atoms with E-state index in [4.69, 9.17) is 9.16 Å². The summed E-state index contributed by atoms with van der Waals surface area (Å²) in [6.07, 6.45) is 7.80. The zero-order chi connectivity index (χ0) is 49.4. The normalized spacial score (nSPS) is 15.8. The van der Waals surface area contributed by atoms with Crippen LogP contribution in [-0.2, 0) is 28.9 Å². The molecule has 13 heteroatoms. The van der Waals surface area contributed by atoms with Gasteiger partial charge >= 0.3 is 12.2 Å². The van der Waals surface area contributed by atoms with Crippen LogP contribution in [0.15, 0.2) is 144 Å². The van der Waals surface area contributed by atoms with E-state index in [0.29, 0.717) is 50.0 Å². The Labute approximate surface area is 411 Å². The Kier molecular flexibility index (Phi) is 15.4. The summed E-state index contributed by atoms with van der Waals surface area (Å²) in [7, 11) is -2.23. The van der Waals surface area contributed by atoms with E-state index in [1.807, 2.05) is 84.9 Å². The molecule has 7 aromatic rings. The Hall–Kier alpha value is -6.93. The fourth-order valence-corrected chi connectivity index (χ4v) is 10.5. The highest BCUT2D eigenvalue weighted by atomic mass is 28.4. The average molecular weight is 960 g/mol. The number of fused-ring (bicyclic) bond motifs is 2. The van der Waals surface area contributed by atoms with Gasteiger partial charge in [-0.25, -0.2) is 9.59 Å². The second-order valence-electron chi connectivity index (χ2n) is 19.9. The van der Waals surface area contributed by atoms with Crippen LogP contribution in [0.5, 0.6) is 5.75 Å².